The standard InChI is InChI=1S/C12H20N6/c1-4-10(2)18-6-5-11(15-18)8-17-9-14-12(16-17)7-13-3/h5-6,9-10,13H,4,7-8H2,1-3H3. The number of nitrogens with zero attached hydrogens (tertiary/aromatic N) is 5. The fourth-order valence-corrected chi connectivity index (χ4v) is 1.71. The second-order valence-electron chi connectivity index (χ2n) is 4.43. The minimum Gasteiger partial charge on any atom is -0.313 e. The Balaban J connectivity index is 2.01. The summed E-state index contributed by atoms with van der Waals surface area (Å²) in [5.41, 5.74) is 1.01. The van der Waals surface area contributed by atoms with Gasteiger partial charge in [0.25, 0.3) is 0 Å². The van der Waals surface area contributed by atoms with Crippen molar-refractivity contribution in [3.63, 3.8) is 0 Å². The first-order chi connectivity index (χ1) is 8.72. The highest BCUT2D eigenvalue weighted by Gasteiger charge is 2.06. The molecular weight excluding hydrogens is 228 g/mol. The third kappa shape index (κ3) is 2.95. The van der Waals surface area contributed by atoms with Crippen LogP contribution in [0.5, 0.6) is 0 Å². The first-order valence-corrected chi connectivity index (χ1v) is 6.30. The van der Waals surface area contributed by atoms with E-state index >= 15 is 0 Å². The SMILES string of the molecule is CCC(C)n1ccc(Cn2cnc(CNC)n2)n1. The van der Waals surface area contributed by atoms with Gasteiger partial charge in [0.15, 0.2) is 5.82 Å². The topological polar surface area (TPSA) is 60.6 Å². The molecule has 0 bridgehead atoms. The molecule has 0 spiro atoms. The van der Waals surface area contributed by atoms with E-state index in [0.717, 1.165) is 17.9 Å². The van der Waals surface area contributed by atoms with Gasteiger partial charge in [0.05, 0.1) is 18.8 Å². The molecule has 0 saturated heterocycles. The van der Waals surface area contributed by atoms with Crippen molar-refractivity contribution in [1.82, 2.24) is 29.9 Å². The molecule has 6 nitrogen and oxygen atoms in total. The van der Waals surface area contributed by atoms with Crippen LogP contribution in [-0.4, -0.2) is 31.6 Å². The van der Waals surface area contributed by atoms with E-state index in [1.165, 1.54) is 0 Å². The summed E-state index contributed by atoms with van der Waals surface area (Å²) in [7, 11) is 1.88. The van der Waals surface area contributed by atoms with E-state index < -0.39 is 0 Å². The summed E-state index contributed by atoms with van der Waals surface area (Å²) in [5.74, 6) is 0.804. The van der Waals surface area contributed by atoms with E-state index in [1.54, 1.807) is 6.33 Å². The molecule has 0 radical (unpaired) electrons. The van der Waals surface area contributed by atoms with Gasteiger partial charge in [-0.25, -0.2) is 9.67 Å². The molecule has 0 amide bonds. The first-order valence-electron chi connectivity index (χ1n) is 6.30. The van der Waals surface area contributed by atoms with Gasteiger partial charge in [0.2, 0.25) is 0 Å². The van der Waals surface area contributed by atoms with Gasteiger partial charge in [-0.3, -0.25) is 4.68 Å². The lowest BCUT2D eigenvalue weighted by Gasteiger charge is -2.08. The van der Waals surface area contributed by atoms with E-state index in [-0.39, 0.29) is 0 Å². The Morgan fingerprint density at radius 3 is 2.94 bits per heavy atom. The minimum atomic E-state index is 0.439. The lowest BCUT2D eigenvalue weighted by Crippen LogP contribution is -2.09. The van der Waals surface area contributed by atoms with Gasteiger partial charge < -0.3 is 5.32 Å². The molecule has 1 atom stereocenters. The zero-order valence-electron chi connectivity index (χ0n) is 11.2. The smallest absolute Gasteiger partial charge is 0.164 e. The Morgan fingerprint density at radius 1 is 1.39 bits per heavy atom. The highest BCUT2D eigenvalue weighted by molar-refractivity contribution is 5.00. The van der Waals surface area contributed by atoms with Gasteiger partial charge in [0.1, 0.15) is 6.33 Å². The molecule has 1 N–H and O–H groups in total. The van der Waals surface area contributed by atoms with E-state index in [2.05, 4.69) is 34.3 Å². The van der Waals surface area contributed by atoms with Gasteiger partial charge >= 0.3 is 0 Å². The number of hydrogen-bond donors (Lipinski definition) is 1. The van der Waals surface area contributed by atoms with Crippen molar-refractivity contribution in [3.05, 3.63) is 30.1 Å². The predicted octanol–water partition coefficient (Wildman–Crippen LogP) is 1.21. The quantitative estimate of drug-likeness (QED) is 0.835. The Kier molecular flexibility index (Phi) is 4.09. The average Bonchev–Trinajstić information content (AvgIpc) is 2.99. The van der Waals surface area contributed by atoms with Crippen LogP contribution in [0.4, 0.5) is 0 Å². The van der Waals surface area contributed by atoms with Crippen LogP contribution in [-0.2, 0) is 13.1 Å². The molecule has 0 fully saturated rings. The van der Waals surface area contributed by atoms with Crippen LogP contribution in [0.25, 0.3) is 0 Å². The summed E-state index contributed by atoms with van der Waals surface area (Å²) >= 11 is 0. The lowest BCUT2D eigenvalue weighted by molar-refractivity contribution is 0.470. The summed E-state index contributed by atoms with van der Waals surface area (Å²) in [6.07, 6.45) is 4.85. The zero-order valence-corrected chi connectivity index (χ0v) is 11.2. The van der Waals surface area contributed by atoms with Crippen LogP contribution in [0.1, 0.15) is 37.8 Å². The highest BCUT2D eigenvalue weighted by Crippen LogP contribution is 2.09. The summed E-state index contributed by atoms with van der Waals surface area (Å²) in [6.45, 7) is 5.68. The number of nitrogens with one attached hydrogen (secondary N) is 1. The molecular formula is C12H20N6. The summed E-state index contributed by atoms with van der Waals surface area (Å²) in [6, 6.07) is 2.47. The largest absolute Gasteiger partial charge is 0.313 e. The predicted molar refractivity (Wildman–Crippen MR) is 69.1 cm³/mol. The molecule has 0 aliphatic carbocycles. The minimum absolute atomic E-state index is 0.439. The monoisotopic (exact) mass is 248 g/mol. The van der Waals surface area contributed by atoms with Crippen LogP contribution in [0.3, 0.4) is 0 Å². The molecule has 0 aliphatic heterocycles. The Bertz CT molecular complexity index is 486. The molecule has 2 rings (SSSR count). The fourth-order valence-electron chi connectivity index (χ4n) is 1.71. The normalized spacial score (nSPS) is 12.8. The van der Waals surface area contributed by atoms with E-state index in [1.807, 2.05) is 28.7 Å². The van der Waals surface area contributed by atoms with Crippen molar-refractivity contribution in [2.24, 2.45) is 0 Å². The van der Waals surface area contributed by atoms with Crippen LogP contribution in [0.15, 0.2) is 18.6 Å². The average molecular weight is 248 g/mol. The Hall–Kier alpha value is -1.69. The number of rotatable bonds is 6. The summed E-state index contributed by atoms with van der Waals surface area (Å²) in [4.78, 5) is 4.21. The van der Waals surface area contributed by atoms with Crippen molar-refractivity contribution < 1.29 is 0 Å². The van der Waals surface area contributed by atoms with Gasteiger partial charge in [0, 0.05) is 12.2 Å². The van der Waals surface area contributed by atoms with Crippen molar-refractivity contribution in [1.29, 1.82) is 0 Å². The van der Waals surface area contributed by atoms with Gasteiger partial charge in [-0.15, -0.1) is 0 Å². The van der Waals surface area contributed by atoms with Crippen LogP contribution in [0, 0.1) is 0 Å². The highest BCUT2D eigenvalue weighted by atomic mass is 15.4. The second-order valence-corrected chi connectivity index (χ2v) is 4.43. The third-order valence-corrected chi connectivity index (χ3v) is 2.95. The van der Waals surface area contributed by atoms with Gasteiger partial charge in [-0.1, -0.05) is 6.92 Å². The third-order valence-electron chi connectivity index (χ3n) is 2.95. The summed E-state index contributed by atoms with van der Waals surface area (Å²) < 4.78 is 3.82. The second kappa shape index (κ2) is 5.77. The molecule has 2 aromatic rings. The maximum absolute atomic E-state index is 4.54. The van der Waals surface area contributed by atoms with E-state index in [0.29, 0.717) is 19.1 Å². The van der Waals surface area contributed by atoms with E-state index in [9.17, 15) is 0 Å². The first kappa shape index (κ1) is 12.8. The molecule has 18 heavy (non-hydrogen) atoms. The van der Waals surface area contributed by atoms with Crippen molar-refractivity contribution in [2.75, 3.05) is 7.05 Å². The maximum Gasteiger partial charge on any atom is 0.164 e. The van der Waals surface area contributed by atoms with Gasteiger partial charge in [-0.05, 0) is 26.5 Å². The molecule has 98 valence electrons. The fraction of sp³-hybridized carbons (Fsp3) is 0.583. The molecule has 6 heteroatoms. The van der Waals surface area contributed by atoms with Crippen molar-refractivity contribution in [2.45, 2.75) is 39.4 Å². The number of hydrogen-bond acceptors (Lipinski definition) is 4. The van der Waals surface area contributed by atoms with Crippen LogP contribution < -0.4 is 5.32 Å². The molecule has 2 aromatic heterocycles. The van der Waals surface area contributed by atoms with Crippen molar-refractivity contribution in [3.8, 4) is 0 Å². The number of aromatic nitrogens is 5. The van der Waals surface area contributed by atoms with Crippen molar-refractivity contribution >= 4 is 0 Å². The zero-order chi connectivity index (χ0) is 13.0. The van der Waals surface area contributed by atoms with Crippen LogP contribution >= 0.6 is 0 Å². The Morgan fingerprint density at radius 2 is 2.22 bits per heavy atom. The lowest BCUT2D eigenvalue weighted by atomic mass is 10.3. The molecule has 2 heterocycles. The molecule has 0 aromatic carbocycles. The Labute approximate surface area is 107 Å². The van der Waals surface area contributed by atoms with Gasteiger partial charge in [-0.2, -0.15) is 10.2 Å². The molecule has 1 unspecified atom stereocenters. The maximum atomic E-state index is 4.54. The summed E-state index contributed by atoms with van der Waals surface area (Å²) in [5, 5.41) is 11.9. The molecule has 0 aliphatic rings. The molecule has 0 saturated carbocycles. The van der Waals surface area contributed by atoms with Crippen LogP contribution in [0.2, 0.25) is 0 Å². The van der Waals surface area contributed by atoms with E-state index in [4.69, 9.17) is 0 Å².